The fraction of sp³-hybridized carbons (Fsp3) is 0.478. The number of aromatic nitrogens is 3. The predicted octanol–water partition coefficient (Wildman–Crippen LogP) is 2.63. The highest BCUT2D eigenvalue weighted by atomic mass is 19.1. The number of halogens is 1. The van der Waals surface area contributed by atoms with Crippen molar-refractivity contribution in [2.45, 2.75) is 19.9 Å². The third-order valence-corrected chi connectivity index (χ3v) is 6.10. The molecular formula is C23H31FN6O. The monoisotopic (exact) mass is 426 g/mol. The van der Waals surface area contributed by atoms with Crippen LogP contribution in [0.3, 0.4) is 0 Å². The molecule has 0 saturated carbocycles. The summed E-state index contributed by atoms with van der Waals surface area (Å²) in [6.45, 7) is 8.20. The van der Waals surface area contributed by atoms with E-state index in [0.29, 0.717) is 18.8 Å². The van der Waals surface area contributed by atoms with E-state index < -0.39 is 0 Å². The molecule has 4 rings (SSSR count). The Bertz CT molecular complexity index is 1050. The van der Waals surface area contributed by atoms with E-state index in [1.54, 1.807) is 17.8 Å². The van der Waals surface area contributed by atoms with Gasteiger partial charge in [0.2, 0.25) is 0 Å². The number of hydrogen-bond acceptors (Lipinski definition) is 4. The van der Waals surface area contributed by atoms with E-state index in [1.807, 2.05) is 24.1 Å². The van der Waals surface area contributed by atoms with Crippen LogP contribution in [0.15, 0.2) is 30.5 Å². The maximum atomic E-state index is 13.8. The zero-order valence-electron chi connectivity index (χ0n) is 18.6. The van der Waals surface area contributed by atoms with Gasteiger partial charge >= 0.3 is 0 Å². The number of likely N-dealkylation sites (N-methyl/N-ethyl adjacent to an activating group) is 1. The Kier molecular flexibility index (Phi) is 6.38. The van der Waals surface area contributed by atoms with Crippen LogP contribution < -0.4 is 0 Å². The number of carbonyl (C=O) groups is 1. The first-order valence-corrected chi connectivity index (χ1v) is 10.9. The number of nitrogens with one attached hydrogen (secondary N) is 1. The number of H-pyrrole nitrogens is 1. The molecule has 1 amide bonds. The van der Waals surface area contributed by atoms with Gasteiger partial charge in [0, 0.05) is 63.4 Å². The largest absolute Gasteiger partial charge is 0.361 e. The van der Waals surface area contributed by atoms with Crippen LogP contribution in [0.2, 0.25) is 0 Å². The van der Waals surface area contributed by atoms with Crippen molar-refractivity contribution >= 4 is 16.8 Å². The fourth-order valence-corrected chi connectivity index (χ4v) is 4.27. The van der Waals surface area contributed by atoms with Crippen LogP contribution in [0.5, 0.6) is 0 Å². The first-order valence-electron chi connectivity index (χ1n) is 10.9. The summed E-state index contributed by atoms with van der Waals surface area (Å²) in [6, 6.07) is 6.53. The maximum absolute atomic E-state index is 13.8. The van der Waals surface area contributed by atoms with Crippen molar-refractivity contribution < 1.29 is 9.18 Å². The smallest absolute Gasteiger partial charge is 0.272 e. The number of aryl methyl sites for hydroxylation is 2. The zero-order chi connectivity index (χ0) is 22.0. The Morgan fingerprint density at radius 2 is 1.97 bits per heavy atom. The van der Waals surface area contributed by atoms with Gasteiger partial charge in [-0.3, -0.25) is 9.48 Å². The Morgan fingerprint density at radius 3 is 2.68 bits per heavy atom. The summed E-state index contributed by atoms with van der Waals surface area (Å²) in [7, 11) is 3.95. The highest BCUT2D eigenvalue weighted by Gasteiger charge is 2.22. The van der Waals surface area contributed by atoms with Crippen molar-refractivity contribution in [3.05, 3.63) is 53.2 Å². The quantitative estimate of drug-likeness (QED) is 0.631. The molecule has 0 bridgehead atoms. The van der Waals surface area contributed by atoms with Gasteiger partial charge in [-0.1, -0.05) is 0 Å². The number of piperazine rings is 1. The van der Waals surface area contributed by atoms with E-state index >= 15 is 0 Å². The van der Waals surface area contributed by atoms with Crippen LogP contribution in [-0.4, -0.2) is 81.7 Å². The number of benzene rings is 1. The Morgan fingerprint density at radius 1 is 1.19 bits per heavy atom. The lowest BCUT2D eigenvalue weighted by Crippen LogP contribution is -2.45. The fourth-order valence-electron chi connectivity index (χ4n) is 4.27. The molecule has 8 heteroatoms. The molecule has 0 radical (unpaired) electrons. The molecule has 3 aromatic rings. The molecule has 0 atom stereocenters. The zero-order valence-corrected chi connectivity index (χ0v) is 18.6. The number of nitrogens with zero attached hydrogens (tertiary/aromatic N) is 5. The highest BCUT2D eigenvalue weighted by molar-refractivity contribution is 5.93. The van der Waals surface area contributed by atoms with Gasteiger partial charge in [0.15, 0.2) is 0 Å². The van der Waals surface area contributed by atoms with E-state index in [2.05, 4.69) is 26.9 Å². The Balaban J connectivity index is 1.51. The molecule has 0 unspecified atom stereocenters. The van der Waals surface area contributed by atoms with Crippen LogP contribution in [0, 0.1) is 12.7 Å². The molecule has 1 N–H and O–H groups in total. The average Bonchev–Trinajstić information content (AvgIpc) is 3.30. The normalized spacial score (nSPS) is 15.6. The van der Waals surface area contributed by atoms with Crippen LogP contribution >= 0.6 is 0 Å². The summed E-state index contributed by atoms with van der Waals surface area (Å²) in [5.41, 5.74) is 3.18. The number of rotatable bonds is 7. The van der Waals surface area contributed by atoms with Crippen molar-refractivity contribution in [2.24, 2.45) is 7.05 Å². The van der Waals surface area contributed by atoms with Crippen LogP contribution in [0.25, 0.3) is 10.9 Å². The molecule has 1 aliphatic heterocycles. The third kappa shape index (κ3) is 4.97. The predicted molar refractivity (Wildman–Crippen MR) is 119 cm³/mol. The van der Waals surface area contributed by atoms with Crippen molar-refractivity contribution in [1.82, 2.24) is 29.5 Å². The third-order valence-electron chi connectivity index (χ3n) is 6.10. The van der Waals surface area contributed by atoms with Crippen molar-refractivity contribution in [1.29, 1.82) is 0 Å². The number of carbonyl (C=O) groups excluding carboxylic acids is 1. The summed E-state index contributed by atoms with van der Waals surface area (Å²) in [4.78, 5) is 23.2. The first kappa shape index (κ1) is 21.5. The Labute approximate surface area is 182 Å². The lowest BCUT2D eigenvalue weighted by atomic mass is 10.1. The van der Waals surface area contributed by atoms with E-state index in [4.69, 9.17) is 0 Å². The topological polar surface area (TPSA) is 60.4 Å². The SMILES string of the molecule is Cc1cc(C(=O)N(CCCN2CCN(C)CC2)Cc2c[nH]c3ccc(F)cc23)n(C)n1. The molecule has 1 aromatic carbocycles. The number of aromatic amines is 1. The van der Waals surface area contributed by atoms with Gasteiger partial charge in [-0.05, 0) is 56.8 Å². The van der Waals surface area contributed by atoms with Crippen molar-refractivity contribution in [3.8, 4) is 0 Å². The first-order chi connectivity index (χ1) is 14.9. The molecule has 0 spiro atoms. The van der Waals surface area contributed by atoms with E-state index in [0.717, 1.165) is 61.3 Å². The van der Waals surface area contributed by atoms with Gasteiger partial charge in [0.1, 0.15) is 11.5 Å². The van der Waals surface area contributed by atoms with Crippen molar-refractivity contribution in [2.75, 3.05) is 46.3 Å². The summed E-state index contributed by atoms with van der Waals surface area (Å²) >= 11 is 0. The summed E-state index contributed by atoms with van der Waals surface area (Å²) in [6.07, 6.45) is 2.77. The second-order valence-corrected chi connectivity index (χ2v) is 8.52. The molecular weight excluding hydrogens is 395 g/mol. The van der Waals surface area contributed by atoms with Gasteiger partial charge < -0.3 is 19.7 Å². The molecule has 2 aromatic heterocycles. The number of amides is 1. The van der Waals surface area contributed by atoms with E-state index in [1.165, 1.54) is 12.1 Å². The molecule has 7 nitrogen and oxygen atoms in total. The minimum atomic E-state index is -0.274. The standard InChI is InChI=1S/C23H31FN6O/c1-17-13-22(28(3)26-17)23(31)30(8-4-7-29-11-9-27(2)10-12-29)16-18-15-25-21-6-5-19(24)14-20(18)21/h5-6,13-15,25H,4,7-12,16H2,1-3H3. The lowest BCUT2D eigenvalue weighted by Gasteiger charge is -2.33. The molecule has 166 valence electrons. The summed E-state index contributed by atoms with van der Waals surface area (Å²) < 4.78 is 15.5. The molecule has 1 aliphatic rings. The molecule has 3 heterocycles. The van der Waals surface area contributed by atoms with Crippen molar-refractivity contribution in [3.63, 3.8) is 0 Å². The van der Waals surface area contributed by atoms with Crippen LogP contribution in [-0.2, 0) is 13.6 Å². The second kappa shape index (κ2) is 9.20. The number of hydrogen-bond donors (Lipinski definition) is 1. The summed E-state index contributed by atoms with van der Waals surface area (Å²) in [5.74, 6) is -0.323. The Hall–Kier alpha value is -2.71. The highest BCUT2D eigenvalue weighted by Crippen LogP contribution is 2.22. The van der Waals surface area contributed by atoms with Gasteiger partial charge in [-0.2, -0.15) is 5.10 Å². The van der Waals surface area contributed by atoms with Gasteiger partial charge in [0.05, 0.1) is 5.69 Å². The van der Waals surface area contributed by atoms with Crippen LogP contribution in [0.1, 0.15) is 28.2 Å². The lowest BCUT2D eigenvalue weighted by molar-refractivity contribution is 0.0718. The molecule has 0 aliphatic carbocycles. The molecule has 31 heavy (non-hydrogen) atoms. The van der Waals surface area contributed by atoms with Gasteiger partial charge in [-0.15, -0.1) is 0 Å². The van der Waals surface area contributed by atoms with Gasteiger partial charge in [0.25, 0.3) is 5.91 Å². The van der Waals surface area contributed by atoms with E-state index in [9.17, 15) is 9.18 Å². The average molecular weight is 427 g/mol. The molecule has 1 fully saturated rings. The summed E-state index contributed by atoms with van der Waals surface area (Å²) in [5, 5.41) is 5.15. The molecule has 1 saturated heterocycles. The minimum Gasteiger partial charge on any atom is -0.361 e. The van der Waals surface area contributed by atoms with E-state index in [-0.39, 0.29) is 11.7 Å². The van der Waals surface area contributed by atoms with Crippen LogP contribution in [0.4, 0.5) is 4.39 Å². The minimum absolute atomic E-state index is 0.0489. The van der Waals surface area contributed by atoms with Gasteiger partial charge in [-0.25, -0.2) is 4.39 Å². The number of fused-ring (bicyclic) bond motifs is 1. The second-order valence-electron chi connectivity index (χ2n) is 8.52. The maximum Gasteiger partial charge on any atom is 0.272 e.